The smallest absolute Gasteiger partial charge is 0.265 e. The summed E-state index contributed by atoms with van der Waals surface area (Å²) in [5, 5.41) is 5.49. The maximum absolute atomic E-state index is 12.3. The number of hydrogen-bond donors (Lipinski definition) is 2. The van der Waals surface area contributed by atoms with Crippen LogP contribution >= 0.6 is 0 Å². The number of fused-ring (bicyclic) bond motifs is 1. The molecule has 0 unspecified atom stereocenters. The lowest BCUT2D eigenvalue weighted by molar-refractivity contribution is -0.122. The molecule has 0 bridgehead atoms. The molecule has 0 radical (unpaired) electrons. The van der Waals surface area contributed by atoms with Gasteiger partial charge in [0.2, 0.25) is 0 Å². The molecule has 0 saturated heterocycles. The number of nitrogens with one attached hydrogen (secondary N) is 2. The van der Waals surface area contributed by atoms with Crippen molar-refractivity contribution in [2.45, 2.75) is 26.4 Å². The highest BCUT2D eigenvalue weighted by molar-refractivity contribution is 5.98. The van der Waals surface area contributed by atoms with Gasteiger partial charge in [0, 0.05) is 5.69 Å². The summed E-state index contributed by atoms with van der Waals surface area (Å²) in [5.74, 6) is 0.731. The summed E-state index contributed by atoms with van der Waals surface area (Å²) in [7, 11) is 0. The molecule has 0 aromatic heterocycles. The van der Waals surface area contributed by atoms with Crippen LogP contribution in [-0.2, 0) is 16.0 Å². The van der Waals surface area contributed by atoms with Gasteiger partial charge >= 0.3 is 0 Å². The second-order valence-electron chi connectivity index (χ2n) is 5.79. The number of hydrogen-bond acceptors (Lipinski definition) is 4. The van der Waals surface area contributed by atoms with Gasteiger partial charge in [-0.1, -0.05) is 19.1 Å². The van der Waals surface area contributed by atoms with Crippen LogP contribution in [-0.4, -0.2) is 24.5 Å². The third-order valence-corrected chi connectivity index (χ3v) is 3.89. The quantitative estimate of drug-likeness (QED) is 0.877. The average Bonchev–Trinajstić information content (AvgIpc) is 2.62. The van der Waals surface area contributed by atoms with E-state index in [1.54, 1.807) is 25.1 Å². The normalized spacial score (nSPS) is 13.9. The van der Waals surface area contributed by atoms with Gasteiger partial charge in [0.1, 0.15) is 11.5 Å². The molecule has 6 nitrogen and oxygen atoms in total. The summed E-state index contributed by atoms with van der Waals surface area (Å²) in [5.41, 5.74) is 2.31. The summed E-state index contributed by atoms with van der Waals surface area (Å²) >= 11 is 0. The van der Waals surface area contributed by atoms with Gasteiger partial charge in [-0.25, -0.2) is 0 Å². The van der Waals surface area contributed by atoms with Gasteiger partial charge in [0.05, 0.1) is 5.69 Å². The Bertz CT molecular complexity index is 787. The first-order valence-corrected chi connectivity index (χ1v) is 8.18. The van der Waals surface area contributed by atoms with Gasteiger partial charge in [0.25, 0.3) is 11.8 Å². The van der Waals surface area contributed by atoms with Crippen LogP contribution in [0.25, 0.3) is 0 Å². The van der Waals surface area contributed by atoms with Gasteiger partial charge in [-0.15, -0.1) is 0 Å². The molecule has 0 saturated carbocycles. The highest BCUT2D eigenvalue weighted by Crippen LogP contribution is 2.30. The molecule has 1 atom stereocenters. The number of anilines is 2. The molecular formula is C19H20N2O4. The fourth-order valence-electron chi connectivity index (χ4n) is 2.47. The zero-order chi connectivity index (χ0) is 17.8. The summed E-state index contributed by atoms with van der Waals surface area (Å²) in [4.78, 5) is 23.7. The molecule has 25 heavy (non-hydrogen) atoms. The van der Waals surface area contributed by atoms with Crippen molar-refractivity contribution >= 4 is 23.2 Å². The van der Waals surface area contributed by atoms with Crippen LogP contribution in [0.3, 0.4) is 0 Å². The molecule has 3 rings (SSSR count). The lowest BCUT2D eigenvalue weighted by Crippen LogP contribution is -2.30. The number of ether oxygens (including phenoxy) is 2. The van der Waals surface area contributed by atoms with E-state index < -0.39 is 6.10 Å². The number of benzene rings is 2. The largest absolute Gasteiger partial charge is 0.482 e. The van der Waals surface area contributed by atoms with Crippen molar-refractivity contribution in [3.63, 3.8) is 0 Å². The molecule has 130 valence electrons. The second-order valence-corrected chi connectivity index (χ2v) is 5.79. The van der Waals surface area contributed by atoms with Crippen molar-refractivity contribution in [1.29, 1.82) is 0 Å². The second kappa shape index (κ2) is 7.25. The number of aryl methyl sites for hydroxylation is 1. The fraction of sp³-hybridized carbons (Fsp3) is 0.263. The van der Waals surface area contributed by atoms with E-state index in [1.807, 2.05) is 24.3 Å². The lowest BCUT2D eigenvalue weighted by atomic mass is 10.2. The lowest BCUT2D eigenvalue weighted by Gasteiger charge is -2.19. The topological polar surface area (TPSA) is 76.7 Å². The molecule has 1 aliphatic rings. The van der Waals surface area contributed by atoms with Crippen molar-refractivity contribution in [1.82, 2.24) is 0 Å². The predicted octanol–water partition coefficient (Wildman–Crippen LogP) is 2.99. The van der Waals surface area contributed by atoms with Crippen LogP contribution in [0.4, 0.5) is 11.4 Å². The van der Waals surface area contributed by atoms with Gasteiger partial charge in [0.15, 0.2) is 12.7 Å². The van der Waals surface area contributed by atoms with E-state index >= 15 is 0 Å². The summed E-state index contributed by atoms with van der Waals surface area (Å²) in [6.07, 6.45) is 0.295. The Kier molecular flexibility index (Phi) is 4.88. The Labute approximate surface area is 146 Å². The molecule has 2 aromatic carbocycles. The van der Waals surface area contributed by atoms with Gasteiger partial charge in [-0.3, -0.25) is 9.59 Å². The Morgan fingerprint density at radius 1 is 1.28 bits per heavy atom. The van der Waals surface area contributed by atoms with E-state index in [1.165, 1.54) is 5.56 Å². The maximum atomic E-state index is 12.3. The van der Waals surface area contributed by atoms with Gasteiger partial charge in [-0.2, -0.15) is 0 Å². The Hall–Kier alpha value is -3.02. The Morgan fingerprint density at radius 2 is 2.04 bits per heavy atom. The van der Waals surface area contributed by atoms with Crippen LogP contribution < -0.4 is 20.1 Å². The maximum Gasteiger partial charge on any atom is 0.265 e. The molecule has 1 aliphatic heterocycles. The summed E-state index contributed by atoms with van der Waals surface area (Å²) in [6.45, 7) is 3.77. The minimum Gasteiger partial charge on any atom is -0.482 e. The predicted molar refractivity (Wildman–Crippen MR) is 95.1 cm³/mol. The number of carbonyl (C=O) groups is 2. The van der Waals surface area contributed by atoms with E-state index in [0.717, 1.165) is 6.42 Å². The van der Waals surface area contributed by atoms with E-state index in [4.69, 9.17) is 9.47 Å². The molecule has 6 heteroatoms. The standard InChI is InChI=1S/C19H20N2O4/c1-3-13-4-7-15(8-5-13)25-12(2)19(23)20-14-6-9-17-16(10-14)21-18(22)11-24-17/h4-10,12H,3,11H2,1-2H3,(H,20,23)(H,21,22)/t12-/m1/s1. The Balaban J connectivity index is 1.63. The van der Waals surface area contributed by atoms with Crippen molar-refractivity contribution in [2.24, 2.45) is 0 Å². The molecule has 2 N–H and O–H groups in total. The molecule has 2 amide bonds. The van der Waals surface area contributed by atoms with Crippen LogP contribution in [0, 0.1) is 0 Å². The SMILES string of the molecule is CCc1ccc(O[C@H](C)C(=O)Nc2ccc3c(c2)NC(=O)CO3)cc1. The first-order valence-electron chi connectivity index (χ1n) is 8.18. The Morgan fingerprint density at radius 3 is 2.76 bits per heavy atom. The van der Waals surface area contributed by atoms with Crippen LogP contribution in [0.2, 0.25) is 0 Å². The minimum atomic E-state index is -0.658. The summed E-state index contributed by atoms with van der Waals surface area (Å²) < 4.78 is 11.0. The fourth-order valence-corrected chi connectivity index (χ4v) is 2.47. The zero-order valence-electron chi connectivity index (χ0n) is 14.2. The number of amides is 2. The molecule has 0 spiro atoms. The highest BCUT2D eigenvalue weighted by atomic mass is 16.5. The minimum absolute atomic E-state index is 0.000398. The number of rotatable bonds is 5. The first-order chi connectivity index (χ1) is 12.0. The van der Waals surface area contributed by atoms with E-state index in [2.05, 4.69) is 17.6 Å². The zero-order valence-corrected chi connectivity index (χ0v) is 14.2. The highest BCUT2D eigenvalue weighted by Gasteiger charge is 2.18. The summed E-state index contributed by atoms with van der Waals surface area (Å²) in [6, 6.07) is 12.8. The van der Waals surface area contributed by atoms with Crippen molar-refractivity contribution in [2.75, 3.05) is 17.2 Å². The van der Waals surface area contributed by atoms with E-state index in [-0.39, 0.29) is 18.4 Å². The van der Waals surface area contributed by atoms with Crippen molar-refractivity contribution in [3.8, 4) is 11.5 Å². The van der Waals surface area contributed by atoms with Crippen LogP contribution in [0.5, 0.6) is 11.5 Å². The van der Waals surface area contributed by atoms with E-state index in [9.17, 15) is 9.59 Å². The molecule has 2 aromatic rings. The van der Waals surface area contributed by atoms with Gasteiger partial charge in [-0.05, 0) is 49.2 Å². The third-order valence-electron chi connectivity index (χ3n) is 3.89. The van der Waals surface area contributed by atoms with Crippen molar-refractivity contribution in [3.05, 3.63) is 48.0 Å². The average molecular weight is 340 g/mol. The third kappa shape index (κ3) is 4.09. The van der Waals surface area contributed by atoms with Crippen molar-refractivity contribution < 1.29 is 19.1 Å². The molecule has 0 fully saturated rings. The molecule has 0 aliphatic carbocycles. The van der Waals surface area contributed by atoms with E-state index in [0.29, 0.717) is 22.9 Å². The van der Waals surface area contributed by atoms with Gasteiger partial charge < -0.3 is 20.1 Å². The first kappa shape index (κ1) is 16.8. The molecule has 1 heterocycles. The van der Waals surface area contributed by atoms with Crippen LogP contribution in [0.1, 0.15) is 19.4 Å². The number of carbonyl (C=O) groups excluding carboxylic acids is 2. The molecular weight excluding hydrogens is 320 g/mol. The monoisotopic (exact) mass is 340 g/mol. The van der Waals surface area contributed by atoms with Crippen LogP contribution in [0.15, 0.2) is 42.5 Å².